The van der Waals surface area contributed by atoms with E-state index in [0.29, 0.717) is 6.54 Å². The molecule has 1 aromatic rings. The minimum Gasteiger partial charge on any atom is -0.391 e. The van der Waals surface area contributed by atoms with Gasteiger partial charge in [0.05, 0.1) is 32.3 Å². The first-order valence-electron chi connectivity index (χ1n) is 7.07. The summed E-state index contributed by atoms with van der Waals surface area (Å²) in [5, 5.41) is 9.57. The normalized spacial score (nSPS) is 23.5. The van der Waals surface area contributed by atoms with Gasteiger partial charge in [-0.05, 0) is 30.7 Å². The first kappa shape index (κ1) is 13.4. The zero-order valence-electron chi connectivity index (χ0n) is 11.7. The number of anilines is 2. The van der Waals surface area contributed by atoms with Crippen molar-refractivity contribution in [3.63, 3.8) is 0 Å². The maximum atomic E-state index is 11.8. The van der Waals surface area contributed by atoms with Crippen molar-refractivity contribution in [3.8, 4) is 0 Å². The zero-order valence-corrected chi connectivity index (χ0v) is 11.7. The second-order valence-electron chi connectivity index (χ2n) is 5.43. The molecule has 1 aromatic carbocycles. The highest BCUT2D eigenvalue weighted by Crippen LogP contribution is 2.28. The average Bonchev–Trinajstić information content (AvgIpc) is 2.78. The standard InChI is InChI=1S/C15H20N2O3/c1-11-8-12(17-10-13(18)9-15(17)19)2-3-14(11)16-4-6-20-7-5-16/h2-3,8,13,18H,4-7,9-10H2,1H3. The zero-order chi connectivity index (χ0) is 14.1. The number of ether oxygens (including phenoxy) is 1. The number of hydrogen-bond acceptors (Lipinski definition) is 4. The van der Waals surface area contributed by atoms with E-state index in [2.05, 4.69) is 17.9 Å². The second kappa shape index (κ2) is 5.42. The van der Waals surface area contributed by atoms with Crippen molar-refractivity contribution in [1.82, 2.24) is 0 Å². The molecule has 5 heteroatoms. The van der Waals surface area contributed by atoms with Crippen LogP contribution in [0.15, 0.2) is 18.2 Å². The van der Waals surface area contributed by atoms with Gasteiger partial charge in [-0.2, -0.15) is 0 Å². The summed E-state index contributed by atoms with van der Waals surface area (Å²) in [7, 11) is 0. The van der Waals surface area contributed by atoms with Crippen LogP contribution in [-0.4, -0.2) is 50.0 Å². The molecular formula is C15H20N2O3. The molecular weight excluding hydrogens is 256 g/mol. The van der Waals surface area contributed by atoms with Crippen LogP contribution in [0.5, 0.6) is 0 Å². The van der Waals surface area contributed by atoms with Crippen molar-refractivity contribution in [3.05, 3.63) is 23.8 Å². The van der Waals surface area contributed by atoms with Gasteiger partial charge in [0.1, 0.15) is 0 Å². The number of morpholine rings is 1. The van der Waals surface area contributed by atoms with E-state index in [9.17, 15) is 9.90 Å². The lowest BCUT2D eigenvalue weighted by Gasteiger charge is -2.30. The first-order valence-corrected chi connectivity index (χ1v) is 7.07. The number of benzene rings is 1. The minimum atomic E-state index is -0.540. The number of nitrogens with zero attached hydrogens (tertiary/aromatic N) is 2. The van der Waals surface area contributed by atoms with E-state index in [1.807, 2.05) is 12.1 Å². The van der Waals surface area contributed by atoms with Gasteiger partial charge >= 0.3 is 0 Å². The fourth-order valence-electron chi connectivity index (χ4n) is 2.90. The number of rotatable bonds is 2. The van der Waals surface area contributed by atoms with Crippen molar-refractivity contribution in [2.45, 2.75) is 19.4 Å². The minimum absolute atomic E-state index is 0.00368. The fraction of sp³-hybridized carbons (Fsp3) is 0.533. The molecule has 2 heterocycles. The Morgan fingerprint density at radius 2 is 2.05 bits per heavy atom. The summed E-state index contributed by atoms with van der Waals surface area (Å²) in [6.07, 6.45) is -0.314. The molecule has 1 amide bonds. The molecule has 0 spiro atoms. The number of carbonyl (C=O) groups is 1. The van der Waals surface area contributed by atoms with Crippen LogP contribution in [0.1, 0.15) is 12.0 Å². The first-order chi connectivity index (χ1) is 9.65. The predicted molar refractivity (Wildman–Crippen MR) is 77.2 cm³/mol. The maximum Gasteiger partial charge on any atom is 0.229 e. The van der Waals surface area contributed by atoms with Crippen LogP contribution in [0.2, 0.25) is 0 Å². The Hall–Kier alpha value is -1.59. The van der Waals surface area contributed by atoms with Gasteiger partial charge < -0.3 is 19.6 Å². The highest BCUT2D eigenvalue weighted by molar-refractivity contribution is 5.96. The van der Waals surface area contributed by atoms with E-state index in [1.54, 1.807) is 4.90 Å². The van der Waals surface area contributed by atoms with Gasteiger partial charge in [0, 0.05) is 24.5 Å². The van der Waals surface area contributed by atoms with E-state index in [1.165, 1.54) is 5.69 Å². The number of β-amino-alcohol motifs (C(OH)–C–C–N with tert-alkyl or cyclic N) is 1. The fourth-order valence-corrected chi connectivity index (χ4v) is 2.90. The maximum absolute atomic E-state index is 11.8. The van der Waals surface area contributed by atoms with Gasteiger partial charge in [-0.3, -0.25) is 4.79 Å². The molecule has 0 aromatic heterocycles. The molecule has 0 radical (unpaired) electrons. The lowest BCUT2D eigenvalue weighted by atomic mass is 10.1. The Morgan fingerprint density at radius 3 is 2.65 bits per heavy atom. The smallest absolute Gasteiger partial charge is 0.229 e. The molecule has 0 aliphatic carbocycles. The molecule has 2 saturated heterocycles. The Bertz CT molecular complexity index is 512. The largest absolute Gasteiger partial charge is 0.391 e. The van der Waals surface area contributed by atoms with Gasteiger partial charge in [0.15, 0.2) is 0 Å². The molecule has 2 fully saturated rings. The van der Waals surface area contributed by atoms with Crippen LogP contribution in [0.4, 0.5) is 11.4 Å². The molecule has 1 atom stereocenters. The van der Waals surface area contributed by atoms with E-state index in [4.69, 9.17) is 4.74 Å². The number of aliphatic hydroxyl groups excluding tert-OH is 1. The number of carbonyl (C=O) groups excluding carboxylic acids is 1. The lowest BCUT2D eigenvalue weighted by Crippen LogP contribution is -2.36. The van der Waals surface area contributed by atoms with Crippen molar-refractivity contribution >= 4 is 17.3 Å². The highest BCUT2D eigenvalue weighted by atomic mass is 16.5. The van der Waals surface area contributed by atoms with E-state index >= 15 is 0 Å². The average molecular weight is 276 g/mol. The van der Waals surface area contributed by atoms with Gasteiger partial charge in [-0.15, -0.1) is 0 Å². The van der Waals surface area contributed by atoms with Crippen molar-refractivity contribution < 1.29 is 14.6 Å². The van der Waals surface area contributed by atoms with Crippen LogP contribution in [-0.2, 0) is 9.53 Å². The van der Waals surface area contributed by atoms with Crippen molar-refractivity contribution in [1.29, 1.82) is 0 Å². The van der Waals surface area contributed by atoms with E-state index < -0.39 is 6.10 Å². The van der Waals surface area contributed by atoms with Gasteiger partial charge in [0.2, 0.25) is 5.91 Å². The summed E-state index contributed by atoms with van der Waals surface area (Å²) < 4.78 is 5.37. The molecule has 2 aliphatic rings. The van der Waals surface area contributed by atoms with Gasteiger partial charge in [-0.1, -0.05) is 0 Å². The third kappa shape index (κ3) is 2.51. The summed E-state index contributed by atoms with van der Waals surface area (Å²) in [4.78, 5) is 15.8. The van der Waals surface area contributed by atoms with Crippen LogP contribution < -0.4 is 9.80 Å². The molecule has 20 heavy (non-hydrogen) atoms. The van der Waals surface area contributed by atoms with E-state index in [0.717, 1.165) is 37.6 Å². The summed E-state index contributed by atoms with van der Waals surface area (Å²) in [5.41, 5.74) is 3.23. The SMILES string of the molecule is Cc1cc(N2CC(O)CC2=O)ccc1N1CCOCC1. The van der Waals surface area contributed by atoms with Crippen LogP contribution in [0.25, 0.3) is 0 Å². The molecule has 1 N–H and O–H groups in total. The number of amides is 1. The van der Waals surface area contributed by atoms with Crippen molar-refractivity contribution in [2.24, 2.45) is 0 Å². The van der Waals surface area contributed by atoms with E-state index in [-0.39, 0.29) is 12.3 Å². The second-order valence-corrected chi connectivity index (χ2v) is 5.43. The van der Waals surface area contributed by atoms with Crippen LogP contribution in [0, 0.1) is 6.92 Å². The molecule has 108 valence electrons. The molecule has 3 rings (SSSR count). The molecule has 5 nitrogen and oxygen atoms in total. The quantitative estimate of drug-likeness (QED) is 0.873. The van der Waals surface area contributed by atoms with Gasteiger partial charge in [-0.25, -0.2) is 0 Å². The Balaban J connectivity index is 1.82. The van der Waals surface area contributed by atoms with Crippen molar-refractivity contribution in [2.75, 3.05) is 42.6 Å². The highest BCUT2D eigenvalue weighted by Gasteiger charge is 2.29. The summed E-state index contributed by atoms with van der Waals surface area (Å²) in [5.74, 6) is -0.00368. The molecule has 2 aliphatic heterocycles. The Morgan fingerprint density at radius 1 is 1.30 bits per heavy atom. The summed E-state index contributed by atoms with van der Waals surface area (Å²) >= 11 is 0. The predicted octanol–water partition coefficient (Wildman–Crippen LogP) is 0.929. The molecule has 0 bridgehead atoms. The number of aliphatic hydroxyl groups is 1. The summed E-state index contributed by atoms with van der Waals surface area (Å²) in [6, 6.07) is 6.06. The van der Waals surface area contributed by atoms with Gasteiger partial charge in [0.25, 0.3) is 0 Å². The lowest BCUT2D eigenvalue weighted by molar-refractivity contribution is -0.117. The third-order valence-electron chi connectivity index (χ3n) is 3.95. The Labute approximate surface area is 118 Å². The van der Waals surface area contributed by atoms with Crippen LogP contribution in [0.3, 0.4) is 0 Å². The Kier molecular flexibility index (Phi) is 3.63. The van der Waals surface area contributed by atoms with Crippen LogP contribution >= 0.6 is 0 Å². The molecule has 0 saturated carbocycles. The number of hydrogen-bond donors (Lipinski definition) is 1. The monoisotopic (exact) mass is 276 g/mol. The topological polar surface area (TPSA) is 53.0 Å². The summed E-state index contributed by atoms with van der Waals surface area (Å²) in [6.45, 7) is 5.79. The molecule has 1 unspecified atom stereocenters. The number of aryl methyl sites for hydroxylation is 1. The third-order valence-corrected chi connectivity index (χ3v) is 3.95.